The smallest absolute Gasteiger partial charge is 0.356 e. The molecule has 15 heteroatoms. The minimum atomic E-state index is -1.09. The lowest BCUT2D eigenvalue weighted by atomic mass is 10.0. The molecular formula is C44H54N10O4Si. The standard InChI is InChI=1S/C19H19N5O.C15H24N2O3Si.C10H11N3/c1-19-7-14-16(15(19)8-19)22-23-17(14)18(25)21-13-9-20-24(11-13)10-12-5-3-2-4-6-12;1-15-7-10-12(14(18)19)16-17(13(10)11(15)8-15)9-20-5-6-21(2,3)4;11-10-6-12-13(8-10)7-9-4-2-1-3-5-9/h2-6,9,11,15H,7-8,10H2,1H3,(H,21,25)(H,22,23);11H,5-9H2,1-4H3,(H,18,19);1-6,8H,7,11H2. The molecule has 4 atom stereocenters. The van der Waals surface area contributed by atoms with Crippen LogP contribution in [0.2, 0.25) is 25.7 Å². The summed E-state index contributed by atoms with van der Waals surface area (Å²) in [5, 5.41) is 32.3. The Morgan fingerprint density at radius 2 is 1.49 bits per heavy atom. The summed E-state index contributed by atoms with van der Waals surface area (Å²) in [6.45, 7) is 14.0. The quantitative estimate of drug-likeness (QED) is 0.0722. The summed E-state index contributed by atoms with van der Waals surface area (Å²) in [5.41, 5.74) is 15.0. The number of anilines is 2. The van der Waals surface area contributed by atoms with E-state index in [0.29, 0.717) is 47.6 Å². The molecule has 0 bridgehead atoms. The number of hydrogen-bond acceptors (Lipinski definition) is 8. The number of aromatic carboxylic acids is 1. The monoisotopic (exact) mass is 814 g/mol. The number of hydrogen-bond donors (Lipinski definition) is 4. The first-order valence-corrected chi connectivity index (χ1v) is 24.1. The molecule has 2 fully saturated rings. The average Bonchev–Trinajstić information content (AvgIpc) is 3.60. The zero-order chi connectivity index (χ0) is 41.5. The Morgan fingerprint density at radius 1 is 0.881 bits per heavy atom. The number of benzene rings is 2. The maximum Gasteiger partial charge on any atom is 0.356 e. The van der Waals surface area contributed by atoms with Crippen LogP contribution < -0.4 is 11.1 Å². The van der Waals surface area contributed by atoms with Crippen molar-refractivity contribution in [2.24, 2.45) is 10.8 Å². The fraction of sp³-hybridized carbons (Fsp3) is 0.409. The third-order valence-electron chi connectivity index (χ3n) is 12.1. The van der Waals surface area contributed by atoms with Crippen molar-refractivity contribution in [2.75, 3.05) is 17.7 Å². The number of fused-ring (bicyclic) bond motifs is 6. The fourth-order valence-electron chi connectivity index (χ4n) is 8.51. The number of carboxylic acids is 1. The van der Waals surface area contributed by atoms with Crippen LogP contribution >= 0.6 is 0 Å². The van der Waals surface area contributed by atoms with Gasteiger partial charge in [0.25, 0.3) is 5.91 Å². The van der Waals surface area contributed by atoms with Gasteiger partial charge in [0.2, 0.25) is 0 Å². The van der Waals surface area contributed by atoms with Gasteiger partial charge in [0, 0.05) is 61.4 Å². The van der Waals surface area contributed by atoms with Crippen LogP contribution in [0.15, 0.2) is 85.5 Å². The number of nitrogens with one attached hydrogen (secondary N) is 2. The van der Waals surface area contributed by atoms with E-state index >= 15 is 0 Å². The Bertz CT molecular complexity index is 2450. The lowest BCUT2D eigenvalue weighted by molar-refractivity contribution is 0.0666. The Kier molecular flexibility index (Phi) is 10.7. The van der Waals surface area contributed by atoms with Crippen LogP contribution in [0.1, 0.15) is 93.1 Å². The van der Waals surface area contributed by atoms with E-state index in [1.165, 1.54) is 17.5 Å². The Balaban J connectivity index is 0.000000129. The molecule has 4 aliphatic carbocycles. The van der Waals surface area contributed by atoms with Gasteiger partial charge >= 0.3 is 5.97 Å². The summed E-state index contributed by atoms with van der Waals surface area (Å²) in [5.74, 6) is -0.0440. The van der Waals surface area contributed by atoms with Crippen molar-refractivity contribution < 1.29 is 19.4 Å². The molecule has 1 amide bonds. The van der Waals surface area contributed by atoms with Gasteiger partial charge in [-0.2, -0.15) is 20.4 Å². The van der Waals surface area contributed by atoms with Crippen molar-refractivity contribution >= 4 is 31.3 Å². The number of aromatic amines is 1. The van der Waals surface area contributed by atoms with Gasteiger partial charge in [-0.25, -0.2) is 9.48 Å². The number of nitrogen functional groups attached to an aromatic ring is 1. The van der Waals surface area contributed by atoms with Gasteiger partial charge in [0.1, 0.15) is 6.73 Å². The minimum Gasteiger partial charge on any atom is -0.476 e. The Labute approximate surface area is 345 Å². The van der Waals surface area contributed by atoms with E-state index in [1.54, 1.807) is 17.1 Å². The number of amides is 1. The normalized spacial score (nSPS) is 21.5. The van der Waals surface area contributed by atoms with Crippen LogP contribution in [0.3, 0.4) is 0 Å². The summed E-state index contributed by atoms with van der Waals surface area (Å²) in [7, 11) is -1.09. The molecule has 6 aromatic rings. The van der Waals surface area contributed by atoms with Crippen LogP contribution in [0, 0.1) is 10.8 Å². The zero-order valence-corrected chi connectivity index (χ0v) is 35.5. The topological polar surface area (TPSA) is 184 Å². The molecule has 4 heterocycles. The van der Waals surface area contributed by atoms with E-state index in [1.807, 2.05) is 58.2 Å². The summed E-state index contributed by atoms with van der Waals surface area (Å²) in [4.78, 5) is 23.9. The summed E-state index contributed by atoms with van der Waals surface area (Å²) in [6.07, 6.45) is 11.2. The number of aromatic nitrogens is 8. The molecule has 0 saturated heterocycles. The molecule has 4 unspecified atom stereocenters. The van der Waals surface area contributed by atoms with Gasteiger partial charge in [-0.1, -0.05) is 94.2 Å². The molecular weight excluding hydrogens is 761 g/mol. The number of rotatable bonds is 12. The van der Waals surface area contributed by atoms with Crippen LogP contribution in [-0.2, 0) is 37.4 Å². The molecule has 4 aliphatic rings. The van der Waals surface area contributed by atoms with Crippen LogP contribution in [0.25, 0.3) is 0 Å². The van der Waals surface area contributed by atoms with Gasteiger partial charge in [0.05, 0.1) is 36.9 Å². The summed E-state index contributed by atoms with van der Waals surface area (Å²) < 4.78 is 11.2. The number of ether oxygens (including phenoxy) is 1. The third-order valence-corrected chi connectivity index (χ3v) is 13.8. The van der Waals surface area contributed by atoms with Crippen molar-refractivity contribution in [3.05, 3.63) is 130 Å². The second-order valence-corrected chi connectivity index (χ2v) is 23.9. The molecule has 0 radical (unpaired) electrons. The van der Waals surface area contributed by atoms with Crippen molar-refractivity contribution in [3.63, 3.8) is 0 Å². The molecule has 59 heavy (non-hydrogen) atoms. The van der Waals surface area contributed by atoms with Gasteiger partial charge < -0.3 is 20.9 Å². The molecule has 0 spiro atoms. The fourth-order valence-corrected chi connectivity index (χ4v) is 9.27. The maximum atomic E-state index is 12.6. The highest BCUT2D eigenvalue weighted by Gasteiger charge is 2.60. The first kappa shape index (κ1) is 40.0. The third kappa shape index (κ3) is 8.95. The lowest BCUT2D eigenvalue weighted by Gasteiger charge is -2.15. The van der Waals surface area contributed by atoms with Crippen molar-refractivity contribution in [3.8, 4) is 0 Å². The minimum absolute atomic E-state index is 0.165. The second kappa shape index (κ2) is 15.8. The highest BCUT2D eigenvalue weighted by atomic mass is 28.3. The lowest BCUT2D eigenvalue weighted by Crippen LogP contribution is -2.22. The van der Waals surface area contributed by atoms with E-state index < -0.39 is 14.0 Å². The van der Waals surface area contributed by atoms with Gasteiger partial charge in [0.15, 0.2) is 11.4 Å². The predicted octanol–water partition coefficient (Wildman–Crippen LogP) is 7.41. The molecule has 10 rings (SSSR count). The molecule has 2 saturated carbocycles. The number of carboxylic acid groups (broad SMARTS) is 1. The largest absolute Gasteiger partial charge is 0.476 e. The van der Waals surface area contributed by atoms with Gasteiger partial charge in [-0.05, 0) is 53.7 Å². The number of H-pyrrole nitrogens is 1. The van der Waals surface area contributed by atoms with Crippen molar-refractivity contribution in [1.82, 2.24) is 39.5 Å². The molecule has 308 valence electrons. The van der Waals surface area contributed by atoms with Crippen LogP contribution in [-0.4, -0.2) is 71.2 Å². The first-order valence-electron chi connectivity index (χ1n) is 20.4. The van der Waals surface area contributed by atoms with E-state index in [9.17, 15) is 14.7 Å². The zero-order valence-electron chi connectivity index (χ0n) is 34.5. The van der Waals surface area contributed by atoms with Gasteiger partial charge in [-0.15, -0.1) is 0 Å². The van der Waals surface area contributed by atoms with Crippen molar-refractivity contribution in [2.45, 2.75) is 96.9 Å². The van der Waals surface area contributed by atoms with Gasteiger partial charge in [-0.3, -0.25) is 19.3 Å². The predicted molar refractivity (Wildman–Crippen MR) is 228 cm³/mol. The molecule has 0 aliphatic heterocycles. The Hall–Kier alpha value is -5.80. The van der Waals surface area contributed by atoms with E-state index in [2.05, 4.69) is 88.6 Å². The number of nitrogens with zero attached hydrogens (tertiary/aromatic N) is 7. The molecule has 14 nitrogen and oxygen atoms in total. The van der Waals surface area contributed by atoms with E-state index in [-0.39, 0.29) is 17.0 Å². The first-order chi connectivity index (χ1) is 28.2. The highest BCUT2D eigenvalue weighted by Crippen LogP contribution is 2.67. The molecule has 4 aromatic heterocycles. The number of carbonyl (C=O) groups excluding carboxylic acids is 1. The van der Waals surface area contributed by atoms with Crippen LogP contribution in [0.4, 0.5) is 11.4 Å². The number of nitrogens with two attached hydrogens (primary N) is 1. The SMILES string of the molecule is CC12Cc3c(C(=O)Nc4cnn(Cc5ccccc5)c4)n[nH]c3C1C2.CC12Cc3c(C(=O)O)nn(COCC[Si](C)(C)C)c3C1C2.Nc1cnn(Cc2ccccc2)c1. The summed E-state index contributed by atoms with van der Waals surface area (Å²) >= 11 is 0. The van der Waals surface area contributed by atoms with E-state index in [4.69, 9.17) is 10.5 Å². The molecule has 2 aromatic carbocycles. The van der Waals surface area contributed by atoms with Crippen LogP contribution in [0.5, 0.6) is 0 Å². The Morgan fingerprint density at radius 3 is 2.12 bits per heavy atom. The maximum absolute atomic E-state index is 12.6. The average molecular weight is 815 g/mol. The second-order valence-electron chi connectivity index (χ2n) is 18.3. The number of carbonyl (C=O) groups is 2. The van der Waals surface area contributed by atoms with Crippen molar-refractivity contribution in [1.29, 1.82) is 0 Å². The summed E-state index contributed by atoms with van der Waals surface area (Å²) in [6, 6.07) is 21.4. The molecule has 5 N–H and O–H groups in total. The highest BCUT2D eigenvalue weighted by molar-refractivity contribution is 6.76. The van der Waals surface area contributed by atoms with E-state index in [0.717, 1.165) is 61.0 Å².